The topological polar surface area (TPSA) is 77.8 Å². The van der Waals surface area contributed by atoms with Gasteiger partial charge in [-0.1, -0.05) is 30.3 Å². The van der Waals surface area contributed by atoms with Crippen LogP contribution in [0.15, 0.2) is 35.0 Å². The first-order chi connectivity index (χ1) is 9.28. The van der Waals surface area contributed by atoms with Crippen molar-refractivity contribution < 1.29 is 4.52 Å². The van der Waals surface area contributed by atoms with E-state index >= 15 is 0 Å². The molecule has 0 aliphatic heterocycles. The molecule has 2 unspecified atom stereocenters. The average molecular weight is 256 g/mol. The maximum Gasteiger partial charge on any atom is 0.234 e. The molecule has 1 aliphatic rings. The second-order valence-electron chi connectivity index (χ2n) is 4.71. The molecule has 2 atom stereocenters. The minimum absolute atomic E-state index is 0.0846. The number of rotatable bonds is 3. The largest absolute Gasteiger partial charge is 0.338 e. The van der Waals surface area contributed by atoms with E-state index < -0.39 is 0 Å². The van der Waals surface area contributed by atoms with E-state index in [4.69, 9.17) is 10.3 Å². The van der Waals surface area contributed by atoms with Gasteiger partial charge in [0.2, 0.25) is 11.7 Å². The number of nitrogens with zero attached hydrogens (tertiary/aromatic N) is 3. The summed E-state index contributed by atoms with van der Waals surface area (Å²) < 4.78 is 5.34. The molecule has 98 valence electrons. The molecule has 2 aromatic rings. The third-order valence-electron chi connectivity index (χ3n) is 3.36. The smallest absolute Gasteiger partial charge is 0.234 e. The Labute approximate surface area is 111 Å². The van der Waals surface area contributed by atoms with Crippen molar-refractivity contribution in [2.75, 3.05) is 0 Å². The Balaban J connectivity index is 1.91. The van der Waals surface area contributed by atoms with Gasteiger partial charge in [0.15, 0.2) is 0 Å². The van der Waals surface area contributed by atoms with Crippen LogP contribution in [0, 0.1) is 0 Å². The lowest BCUT2D eigenvalue weighted by atomic mass is 10.1. The molecule has 0 saturated heterocycles. The SMILES string of the molecule is CCc1cccnc1-c1noc(C2C=CC(N)C2)n1. The zero-order valence-corrected chi connectivity index (χ0v) is 10.8. The van der Waals surface area contributed by atoms with Crippen molar-refractivity contribution in [2.45, 2.75) is 31.7 Å². The van der Waals surface area contributed by atoms with Crippen LogP contribution in [0.25, 0.3) is 11.5 Å². The van der Waals surface area contributed by atoms with Crippen LogP contribution in [0.4, 0.5) is 0 Å². The van der Waals surface area contributed by atoms with Gasteiger partial charge < -0.3 is 10.3 Å². The summed E-state index contributed by atoms with van der Waals surface area (Å²) in [6.07, 6.45) is 7.47. The summed E-state index contributed by atoms with van der Waals surface area (Å²) in [6, 6.07) is 4.03. The molecular formula is C14H16N4O. The lowest BCUT2D eigenvalue weighted by molar-refractivity contribution is 0.364. The highest BCUT2D eigenvalue weighted by molar-refractivity contribution is 5.53. The van der Waals surface area contributed by atoms with Crippen LogP contribution >= 0.6 is 0 Å². The molecule has 5 nitrogen and oxygen atoms in total. The van der Waals surface area contributed by atoms with Crippen molar-refractivity contribution in [3.8, 4) is 11.5 Å². The Kier molecular flexibility index (Phi) is 3.13. The molecule has 0 spiro atoms. The van der Waals surface area contributed by atoms with Gasteiger partial charge in [0.05, 0.1) is 5.92 Å². The summed E-state index contributed by atoms with van der Waals surface area (Å²) in [4.78, 5) is 8.81. The zero-order valence-electron chi connectivity index (χ0n) is 10.8. The summed E-state index contributed by atoms with van der Waals surface area (Å²) in [7, 11) is 0. The fraction of sp³-hybridized carbons (Fsp3) is 0.357. The summed E-state index contributed by atoms with van der Waals surface area (Å²) in [5, 5.41) is 4.04. The highest BCUT2D eigenvalue weighted by Crippen LogP contribution is 2.28. The third kappa shape index (κ3) is 2.29. The number of hydrogen-bond acceptors (Lipinski definition) is 5. The van der Waals surface area contributed by atoms with Crippen molar-refractivity contribution in [1.29, 1.82) is 0 Å². The molecule has 0 aromatic carbocycles. The van der Waals surface area contributed by atoms with Crippen LogP contribution in [0.5, 0.6) is 0 Å². The predicted octanol–water partition coefficient (Wildman–Crippen LogP) is 2.06. The highest BCUT2D eigenvalue weighted by atomic mass is 16.5. The van der Waals surface area contributed by atoms with Crippen molar-refractivity contribution in [3.05, 3.63) is 41.9 Å². The number of aryl methyl sites for hydroxylation is 1. The van der Waals surface area contributed by atoms with Gasteiger partial charge in [-0.3, -0.25) is 4.98 Å². The quantitative estimate of drug-likeness (QED) is 0.850. The van der Waals surface area contributed by atoms with Gasteiger partial charge in [0.1, 0.15) is 5.69 Å². The minimum Gasteiger partial charge on any atom is -0.338 e. The standard InChI is InChI=1S/C14H16N4O/c1-2-9-4-3-7-16-12(9)13-17-14(19-18-13)10-5-6-11(15)8-10/h3-7,10-11H,2,8,15H2,1H3. The van der Waals surface area contributed by atoms with E-state index in [-0.39, 0.29) is 12.0 Å². The lowest BCUT2D eigenvalue weighted by Crippen LogP contribution is -2.14. The zero-order chi connectivity index (χ0) is 13.2. The maximum atomic E-state index is 5.84. The fourth-order valence-corrected chi connectivity index (χ4v) is 2.32. The number of nitrogens with two attached hydrogens (primary N) is 1. The first kappa shape index (κ1) is 12.0. The molecule has 0 amide bonds. The molecule has 2 N–H and O–H groups in total. The molecule has 0 fully saturated rings. The molecule has 5 heteroatoms. The number of hydrogen-bond donors (Lipinski definition) is 1. The van der Waals surface area contributed by atoms with Gasteiger partial charge in [0.25, 0.3) is 0 Å². The van der Waals surface area contributed by atoms with Gasteiger partial charge in [-0.2, -0.15) is 4.98 Å². The van der Waals surface area contributed by atoms with Crippen LogP contribution in [-0.4, -0.2) is 21.2 Å². The third-order valence-corrected chi connectivity index (χ3v) is 3.36. The normalized spacial score (nSPS) is 22.0. The molecule has 0 bridgehead atoms. The number of pyridine rings is 1. The van der Waals surface area contributed by atoms with Crippen LogP contribution in [-0.2, 0) is 6.42 Å². The monoisotopic (exact) mass is 256 g/mol. The van der Waals surface area contributed by atoms with Crippen LogP contribution in [0.3, 0.4) is 0 Å². The average Bonchev–Trinajstić information content (AvgIpc) is 3.07. The van der Waals surface area contributed by atoms with Crippen LogP contribution in [0.2, 0.25) is 0 Å². The molecule has 19 heavy (non-hydrogen) atoms. The first-order valence-corrected chi connectivity index (χ1v) is 6.49. The van der Waals surface area contributed by atoms with Gasteiger partial charge in [0, 0.05) is 12.2 Å². The second kappa shape index (κ2) is 4.93. The minimum atomic E-state index is 0.0846. The maximum absolute atomic E-state index is 5.84. The molecule has 0 radical (unpaired) electrons. The van der Waals surface area contributed by atoms with E-state index in [1.165, 1.54) is 0 Å². The number of allylic oxidation sites excluding steroid dienone is 1. The molecule has 2 aromatic heterocycles. The molecular weight excluding hydrogens is 240 g/mol. The van der Waals surface area contributed by atoms with Gasteiger partial charge >= 0.3 is 0 Å². The Morgan fingerprint density at radius 3 is 3.05 bits per heavy atom. The number of aromatic nitrogens is 3. The molecule has 3 rings (SSSR count). The summed E-state index contributed by atoms with van der Waals surface area (Å²) in [5.41, 5.74) is 7.75. The highest BCUT2D eigenvalue weighted by Gasteiger charge is 2.24. The van der Waals surface area contributed by atoms with Crippen molar-refractivity contribution >= 4 is 0 Å². The predicted molar refractivity (Wildman–Crippen MR) is 71.4 cm³/mol. The molecule has 1 aliphatic carbocycles. The van der Waals surface area contributed by atoms with E-state index in [1.54, 1.807) is 6.20 Å². The summed E-state index contributed by atoms with van der Waals surface area (Å²) >= 11 is 0. The van der Waals surface area contributed by atoms with E-state index in [1.807, 2.05) is 24.3 Å². The Hall–Kier alpha value is -2.01. The molecule has 2 heterocycles. The second-order valence-corrected chi connectivity index (χ2v) is 4.71. The molecule has 0 saturated carbocycles. The van der Waals surface area contributed by atoms with Crippen LogP contribution < -0.4 is 5.73 Å². The van der Waals surface area contributed by atoms with E-state index in [9.17, 15) is 0 Å². The fourth-order valence-electron chi connectivity index (χ4n) is 2.32. The van der Waals surface area contributed by atoms with Crippen LogP contribution in [0.1, 0.15) is 30.7 Å². The Morgan fingerprint density at radius 2 is 2.32 bits per heavy atom. The van der Waals surface area contributed by atoms with Gasteiger partial charge in [-0.05, 0) is 24.5 Å². The van der Waals surface area contributed by atoms with Gasteiger partial charge in [-0.25, -0.2) is 0 Å². The summed E-state index contributed by atoms with van der Waals surface area (Å²) in [5.74, 6) is 1.30. The van der Waals surface area contributed by atoms with E-state index in [0.717, 1.165) is 24.1 Å². The van der Waals surface area contributed by atoms with E-state index in [0.29, 0.717) is 11.7 Å². The van der Waals surface area contributed by atoms with Crippen molar-refractivity contribution in [2.24, 2.45) is 5.73 Å². The summed E-state index contributed by atoms with van der Waals surface area (Å²) in [6.45, 7) is 2.08. The van der Waals surface area contributed by atoms with E-state index in [2.05, 4.69) is 22.0 Å². The Bertz CT molecular complexity index is 605. The van der Waals surface area contributed by atoms with Gasteiger partial charge in [-0.15, -0.1) is 0 Å². The lowest BCUT2D eigenvalue weighted by Gasteiger charge is -2.02. The van der Waals surface area contributed by atoms with Crippen molar-refractivity contribution in [1.82, 2.24) is 15.1 Å². The Morgan fingerprint density at radius 1 is 1.42 bits per heavy atom. The van der Waals surface area contributed by atoms with Crippen molar-refractivity contribution in [3.63, 3.8) is 0 Å². The first-order valence-electron chi connectivity index (χ1n) is 6.49.